The Morgan fingerprint density at radius 1 is 1.41 bits per heavy atom. The van der Waals surface area contributed by atoms with Crippen molar-refractivity contribution >= 4 is 5.91 Å². The molecule has 0 bridgehead atoms. The van der Waals surface area contributed by atoms with E-state index in [-0.39, 0.29) is 23.2 Å². The van der Waals surface area contributed by atoms with Crippen LogP contribution < -0.4 is 5.32 Å². The first kappa shape index (κ1) is 16.2. The van der Waals surface area contributed by atoms with Gasteiger partial charge in [-0.05, 0) is 6.07 Å². The molecule has 2 N–H and O–H groups in total. The zero-order chi connectivity index (χ0) is 16.3. The fraction of sp³-hybridized carbons (Fsp3) is 0.375. The first-order chi connectivity index (χ1) is 10.3. The van der Waals surface area contributed by atoms with Crippen molar-refractivity contribution in [2.45, 2.75) is 32.3 Å². The summed E-state index contributed by atoms with van der Waals surface area (Å²) in [5.74, 6) is -0.400. The molecule has 5 nitrogen and oxygen atoms in total. The number of nitrogens with zero attached hydrogens (tertiary/aromatic N) is 1. The van der Waals surface area contributed by atoms with E-state index >= 15 is 0 Å². The van der Waals surface area contributed by atoms with E-state index in [1.165, 1.54) is 18.2 Å². The van der Waals surface area contributed by atoms with Gasteiger partial charge < -0.3 is 14.9 Å². The predicted molar refractivity (Wildman–Crippen MR) is 78.9 cm³/mol. The van der Waals surface area contributed by atoms with Gasteiger partial charge in [0.2, 0.25) is 0 Å². The number of aromatic nitrogens is 1. The number of hydrogen-bond acceptors (Lipinski definition) is 4. The highest BCUT2D eigenvalue weighted by molar-refractivity contribution is 5.92. The monoisotopic (exact) mass is 306 g/mol. The normalized spacial score (nSPS) is 13.0. The molecule has 0 aliphatic carbocycles. The van der Waals surface area contributed by atoms with E-state index in [2.05, 4.69) is 10.5 Å². The maximum atomic E-state index is 13.5. The van der Waals surface area contributed by atoms with E-state index < -0.39 is 17.8 Å². The lowest BCUT2D eigenvalue weighted by molar-refractivity contribution is 0.0905. The van der Waals surface area contributed by atoms with Crippen molar-refractivity contribution in [1.82, 2.24) is 10.5 Å². The Hall–Kier alpha value is -2.21. The fourth-order valence-electron chi connectivity index (χ4n) is 1.87. The second-order valence-electron chi connectivity index (χ2n) is 6.07. The van der Waals surface area contributed by atoms with E-state index in [9.17, 15) is 14.3 Å². The molecule has 1 aromatic heterocycles. The number of nitrogens with one attached hydrogen (secondary N) is 1. The van der Waals surface area contributed by atoms with Crippen LogP contribution in [0.25, 0.3) is 0 Å². The van der Waals surface area contributed by atoms with Crippen molar-refractivity contribution < 1.29 is 18.8 Å². The Bertz CT molecular complexity index is 661. The van der Waals surface area contributed by atoms with Gasteiger partial charge in [0.1, 0.15) is 11.6 Å². The van der Waals surface area contributed by atoms with Crippen LogP contribution in [0.4, 0.5) is 4.39 Å². The topological polar surface area (TPSA) is 75.4 Å². The second-order valence-corrected chi connectivity index (χ2v) is 6.07. The van der Waals surface area contributed by atoms with Crippen LogP contribution in [0.5, 0.6) is 0 Å². The number of halogens is 1. The lowest BCUT2D eigenvalue weighted by Gasteiger charge is -2.12. The van der Waals surface area contributed by atoms with Crippen molar-refractivity contribution in [2.75, 3.05) is 6.54 Å². The van der Waals surface area contributed by atoms with E-state index in [0.717, 1.165) is 0 Å². The number of amides is 1. The summed E-state index contributed by atoms with van der Waals surface area (Å²) in [4.78, 5) is 12.0. The Morgan fingerprint density at radius 3 is 2.68 bits per heavy atom. The van der Waals surface area contributed by atoms with Crippen LogP contribution in [-0.2, 0) is 5.41 Å². The molecule has 0 spiro atoms. The summed E-state index contributed by atoms with van der Waals surface area (Å²) in [6.07, 6.45) is -1.13. The third-order valence-corrected chi connectivity index (χ3v) is 3.20. The molecule has 0 aliphatic rings. The van der Waals surface area contributed by atoms with Crippen LogP contribution in [0.3, 0.4) is 0 Å². The van der Waals surface area contributed by atoms with Crippen LogP contribution in [0.1, 0.15) is 48.7 Å². The Balaban J connectivity index is 1.98. The molecule has 0 aliphatic heterocycles. The number of aliphatic hydroxyl groups is 1. The van der Waals surface area contributed by atoms with Crippen LogP contribution in [-0.4, -0.2) is 22.7 Å². The third kappa shape index (κ3) is 3.71. The SMILES string of the molecule is CC(C)(C)c1cc(C(=O)NCC(O)c2ccccc2F)no1. The smallest absolute Gasteiger partial charge is 0.273 e. The Kier molecular flexibility index (Phi) is 4.61. The van der Waals surface area contributed by atoms with Gasteiger partial charge in [0.15, 0.2) is 5.69 Å². The number of carbonyl (C=O) groups is 1. The van der Waals surface area contributed by atoms with Crippen molar-refractivity contribution in [1.29, 1.82) is 0 Å². The highest BCUT2D eigenvalue weighted by atomic mass is 19.1. The first-order valence-corrected chi connectivity index (χ1v) is 6.97. The van der Waals surface area contributed by atoms with Crippen molar-refractivity contribution in [3.05, 3.63) is 53.2 Å². The van der Waals surface area contributed by atoms with E-state index in [1.54, 1.807) is 12.1 Å². The molecule has 0 saturated carbocycles. The standard InChI is InChI=1S/C16H19FN2O3/c1-16(2,3)14-8-12(19-22-14)15(21)18-9-13(20)10-6-4-5-7-11(10)17/h4-8,13,20H,9H2,1-3H3,(H,18,21). The molecule has 6 heteroatoms. The molecule has 2 aromatic rings. The molecule has 1 aromatic carbocycles. The molecule has 0 fully saturated rings. The molecule has 2 rings (SSSR count). The zero-order valence-electron chi connectivity index (χ0n) is 12.8. The van der Waals surface area contributed by atoms with Gasteiger partial charge in [-0.15, -0.1) is 0 Å². The van der Waals surface area contributed by atoms with Crippen LogP contribution in [0, 0.1) is 5.82 Å². The molecule has 0 saturated heterocycles. The summed E-state index contributed by atoms with van der Waals surface area (Å²) in [5, 5.41) is 16.2. The molecule has 0 radical (unpaired) electrons. The van der Waals surface area contributed by atoms with Gasteiger partial charge in [-0.2, -0.15) is 0 Å². The highest BCUT2D eigenvalue weighted by Crippen LogP contribution is 2.22. The van der Waals surface area contributed by atoms with E-state index in [1.807, 2.05) is 20.8 Å². The van der Waals surface area contributed by atoms with Gasteiger partial charge in [-0.25, -0.2) is 4.39 Å². The van der Waals surface area contributed by atoms with Crippen LogP contribution >= 0.6 is 0 Å². The third-order valence-electron chi connectivity index (χ3n) is 3.20. The molecule has 1 amide bonds. The van der Waals surface area contributed by atoms with Crippen LogP contribution in [0.15, 0.2) is 34.9 Å². The minimum absolute atomic E-state index is 0.114. The van der Waals surface area contributed by atoms with Gasteiger partial charge in [-0.3, -0.25) is 4.79 Å². The van der Waals surface area contributed by atoms with Crippen LogP contribution in [0.2, 0.25) is 0 Å². The average Bonchev–Trinajstić information content (AvgIpc) is 2.95. The highest BCUT2D eigenvalue weighted by Gasteiger charge is 2.22. The predicted octanol–water partition coefficient (Wildman–Crippen LogP) is 2.57. The Labute approximate surface area is 128 Å². The first-order valence-electron chi connectivity index (χ1n) is 6.97. The second kappa shape index (κ2) is 6.27. The van der Waals surface area contributed by atoms with Gasteiger partial charge in [0, 0.05) is 23.6 Å². The zero-order valence-corrected chi connectivity index (χ0v) is 12.8. The van der Waals surface area contributed by atoms with E-state index in [4.69, 9.17) is 4.52 Å². The summed E-state index contributed by atoms with van der Waals surface area (Å²) >= 11 is 0. The average molecular weight is 306 g/mol. The lowest BCUT2D eigenvalue weighted by atomic mass is 9.93. The minimum Gasteiger partial charge on any atom is -0.386 e. The van der Waals surface area contributed by atoms with Gasteiger partial charge >= 0.3 is 0 Å². The van der Waals surface area contributed by atoms with Gasteiger partial charge in [-0.1, -0.05) is 44.1 Å². The summed E-state index contributed by atoms with van der Waals surface area (Å²) in [6, 6.07) is 7.45. The number of carbonyl (C=O) groups excluding carboxylic acids is 1. The van der Waals surface area contributed by atoms with E-state index in [0.29, 0.717) is 5.76 Å². The lowest BCUT2D eigenvalue weighted by Crippen LogP contribution is -2.29. The molecule has 1 heterocycles. The summed E-state index contributed by atoms with van der Waals surface area (Å²) in [6.45, 7) is 5.71. The number of rotatable bonds is 4. The van der Waals surface area contributed by atoms with Crippen molar-refractivity contribution in [3.63, 3.8) is 0 Å². The molecule has 118 valence electrons. The molecular weight excluding hydrogens is 287 g/mol. The maximum Gasteiger partial charge on any atom is 0.273 e. The number of benzene rings is 1. The quantitative estimate of drug-likeness (QED) is 0.910. The van der Waals surface area contributed by atoms with Gasteiger partial charge in [0.05, 0.1) is 6.10 Å². The summed E-state index contributed by atoms with van der Waals surface area (Å²) in [5.41, 5.74) is 0.0158. The largest absolute Gasteiger partial charge is 0.386 e. The maximum absolute atomic E-state index is 13.5. The molecule has 22 heavy (non-hydrogen) atoms. The molecule has 1 unspecified atom stereocenters. The summed E-state index contributed by atoms with van der Waals surface area (Å²) in [7, 11) is 0. The number of hydrogen-bond donors (Lipinski definition) is 2. The fourth-order valence-corrected chi connectivity index (χ4v) is 1.87. The molecule has 1 atom stereocenters. The van der Waals surface area contributed by atoms with Crippen molar-refractivity contribution in [2.24, 2.45) is 0 Å². The molecular formula is C16H19FN2O3. The van der Waals surface area contributed by atoms with Crippen molar-refractivity contribution in [3.8, 4) is 0 Å². The Morgan fingerprint density at radius 2 is 2.09 bits per heavy atom. The van der Waals surface area contributed by atoms with Gasteiger partial charge in [0.25, 0.3) is 5.91 Å². The number of aliphatic hydroxyl groups excluding tert-OH is 1. The minimum atomic E-state index is -1.13. The summed E-state index contributed by atoms with van der Waals surface area (Å²) < 4.78 is 18.6.